The molecule has 4 heterocycles. The molecule has 8 heteroatoms. The highest BCUT2D eigenvalue weighted by atomic mass is 32.1. The van der Waals surface area contributed by atoms with E-state index >= 15 is 0 Å². The lowest BCUT2D eigenvalue weighted by Gasteiger charge is -2.17. The van der Waals surface area contributed by atoms with E-state index in [0.29, 0.717) is 19.8 Å². The van der Waals surface area contributed by atoms with Crippen LogP contribution in [0.3, 0.4) is 0 Å². The van der Waals surface area contributed by atoms with Crippen molar-refractivity contribution >= 4 is 17.0 Å². The van der Waals surface area contributed by atoms with E-state index in [1.165, 1.54) is 5.56 Å². The van der Waals surface area contributed by atoms with Crippen LogP contribution in [0.4, 0.5) is 0 Å². The van der Waals surface area contributed by atoms with E-state index in [9.17, 15) is 0 Å². The van der Waals surface area contributed by atoms with Crippen LogP contribution < -0.4 is 0 Å². The third-order valence-electron chi connectivity index (χ3n) is 5.13. The van der Waals surface area contributed by atoms with Gasteiger partial charge in [-0.05, 0) is 49.9 Å². The van der Waals surface area contributed by atoms with Gasteiger partial charge in [0.25, 0.3) is 0 Å². The van der Waals surface area contributed by atoms with Gasteiger partial charge in [-0.3, -0.25) is 4.98 Å². The minimum atomic E-state index is -0.331. The number of ether oxygens (including phenoxy) is 2. The van der Waals surface area contributed by atoms with Crippen LogP contribution in [0.1, 0.15) is 29.8 Å². The molecule has 0 saturated carbocycles. The van der Waals surface area contributed by atoms with Crippen LogP contribution in [0, 0.1) is 6.92 Å². The molecule has 0 bridgehead atoms. The first-order chi connectivity index (χ1) is 14.8. The fourth-order valence-electron chi connectivity index (χ4n) is 3.65. The van der Waals surface area contributed by atoms with Crippen LogP contribution in [-0.2, 0) is 20.7 Å². The maximum absolute atomic E-state index is 5.53. The Morgan fingerprint density at radius 2 is 2.07 bits per heavy atom. The van der Waals surface area contributed by atoms with Crippen molar-refractivity contribution in [3.63, 3.8) is 0 Å². The van der Waals surface area contributed by atoms with E-state index in [-0.39, 0.29) is 6.29 Å². The molecule has 7 nitrogen and oxygen atoms in total. The molecule has 2 aliphatic rings. The topological polar surface area (TPSA) is 78.7 Å². The Balaban J connectivity index is 1.42. The van der Waals surface area contributed by atoms with Gasteiger partial charge in [-0.15, -0.1) is 11.3 Å². The predicted octanol–water partition coefficient (Wildman–Crippen LogP) is 4.01. The second-order valence-electron chi connectivity index (χ2n) is 7.24. The molecule has 3 aromatic heterocycles. The van der Waals surface area contributed by atoms with Gasteiger partial charge in [0.15, 0.2) is 12.9 Å². The first-order valence-electron chi connectivity index (χ1n) is 10.1. The summed E-state index contributed by atoms with van der Waals surface area (Å²) in [6.07, 6.45) is 6.16. The zero-order valence-electron chi connectivity index (χ0n) is 16.7. The Bertz CT molecular complexity index is 1060. The van der Waals surface area contributed by atoms with Crippen LogP contribution in [-0.4, -0.2) is 46.8 Å². The van der Waals surface area contributed by atoms with Crippen molar-refractivity contribution in [1.82, 2.24) is 15.0 Å². The number of pyridine rings is 2. The highest BCUT2D eigenvalue weighted by molar-refractivity contribution is 7.18. The molecule has 154 valence electrons. The first kappa shape index (κ1) is 19.3. The lowest BCUT2D eigenvalue weighted by molar-refractivity contribution is -0.0935. The summed E-state index contributed by atoms with van der Waals surface area (Å²) >= 11 is 1.63. The highest BCUT2D eigenvalue weighted by Crippen LogP contribution is 2.35. The van der Waals surface area contributed by atoms with Gasteiger partial charge in [0, 0.05) is 18.0 Å². The molecule has 0 spiro atoms. The number of hydrogen-bond donors (Lipinski definition) is 0. The molecule has 0 N–H and O–H groups in total. The Morgan fingerprint density at radius 3 is 2.90 bits per heavy atom. The van der Waals surface area contributed by atoms with Gasteiger partial charge in [-0.25, -0.2) is 9.97 Å². The van der Waals surface area contributed by atoms with Crippen molar-refractivity contribution in [2.45, 2.75) is 32.5 Å². The molecule has 3 aromatic rings. The van der Waals surface area contributed by atoms with Crippen molar-refractivity contribution in [2.75, 3.05) is 19.8 Å². The summed E-state index contributed by atoms with van der Waals surface area (Å²) in [5, 5.41) is 5.32. The zero-order valence-corrected chi connectivity index (χ0v) is 17.5. The number of nitrogens with zero attached hydrogens (tertiary/aromatic N) is 4. The normalized spacial score (nSPS) is 18.0. The fourth-order valence-corrected chi connectivity index (χ4v) is 4.67. The summed E-state index contributed by atoms with van der Waals surface area (Å²) in [5.74, 6) is 0. The van der Waals surface area contributed by atoms with Gasteiger partial charge >= 0.3 is 0 Å². The van der Waals surface area contributed by atoms with E-state index in [2.05, 4.69) is 22.3 Å². The number of rotatable bonds is 5. The molecule has 1 fully saturated rings. The van der Waals surface area contributed by atoms with Crippen molar-refractivity contribution in [1.29, 1.82) is 0 Å². The third-order valence-corrected chi connectivity index (χ3v) is 6.35. The largest absolute Gasteiger partial charge is 0.390 e. The second-order valence-corrected chi connectivity index (χ2v) is 8.24. The quantitative estimate of drug-likeness (QED) is 0.578. The lowest BCUT2D eigenvalue weighted by Crippen LogP contribution is -2.18. The van der Waals surface area contributed by atoms with Gasteiger partial charge in [0.05, 0.1) is 35.2 Å². The first-order valence-corrected chi connectivity index (χ1v) is 10.9. The molecule has 0 aromatic carbocycles. The number of oxime groups is 1. The van der Waals surface area contributed by atoms with E-state index in [1.807, 2.05) is 25.3 Å². The maximum Gasteiger partial charge on any atom is 0.194 e. The van der Waals surface area contributed by atoms with Crippen LogP contribution >= 0.6 is 11.3 Å². The summed E-state index contributed by atoms with van der Waals surface area (Å²) in [4.78, 5) is 20.5. The average molecular weight is 423 g/mol. The summed E-state index contributed by atoms with van der Waals surface area (Å²) in [7, 11) is 0. The van der Waals surface area contributed by atoms with Crippen LogP contribution in [0.25, 0.3) is 21.1 Å². The minimum Gasteiger partial charge on any atom is -0.390 e. The molecular formula is C22H22N4O3S. The van der Waals surface area contributed by atoms with Gasteiger partial charge in [-0.1, -0.05) is 11.2 Å². The predicted molar refractivity (Wildman–Crippen MR) is 114 cm³/mol. The Hall–Kier alpha value is -2.68. The van der Waals surface area contributed by atoms with Crippen molar-refractivity contribution in [3.8, 4) is 21.1 Å². The number of fused-ring (bicyclic) bond motifs is 1. The summed E-state index contributed by atoms with van der Waals surface area (Å²) in [6, 6.07) is 8.18. The molecule has 0 amide bonds. The molecular weight excluding hydrogens is 400 g/mol. The molecule has 30 heavy (non-hydrogen) atoms. The molecule has 0 radical (unpaired) electrons. The maximum atomic E-state index is 5.53. The van der Waals surface area contributed by atoms with E-state index in [1.54, 1.807) is 17.5 Å². The third kappa shape index (κ3) is 3.98. The number of aryl methyl sites for hydroxylation is 2. The highest BCUT2D eigenvalue weighted by Gasteiger charge is 2.22. The lowest BCUT2D eigenvalue weighted by atomic mass is 9.94. The Kier molecular flexibility index (Phi) is 5.52. The molecule has 1 aliphatic heterocycles. The number of aromatic nitrogens is 3. The Labute approximate surface area is 178 Å². The monoisotopic (exact) mass is 422 g/mol. The SMILES string of the molecule is Cc1nc(-c2cccnc2)sc1-c1ccc2c(n1)/C(=N/OCC1OCCO1)CCC2. The van der Waals surface area contributed by atoms with E-state index < -0.39 is 0 Å². The molecule has 1 saturated heterocycles. The Morgan fingerprint density at radius 1 is 1.17 bits per heavy atom. The standard InChI is InChI=1S/C22H22N4O3S/c1-14-21(30-22(24-14)16-5-3-9-23-12-16)18-8-7-15-4-2-6-17(20(15)25-18)26-29-13-19-27-10-11-28-19/h3,5,7-9,12,19H,2,4,6,10-11,13H2,1H3/b26-17+. The minimum absolute atomic E-state index is 0.293. The van der Waals surface area contributed by atoms with E-state index in [4.69, 9.17) is 24.3 Å². The summed E-state index contributed by atoms with van der Waals surface area (Å²) in [6.45, 7) is 3.52. The molecule has 5 rings (SSSR count). The fraction of sp³-hybridized carbons (Fsp3) is 0.364. The van der Waals surface area contributed by atoms with Crippen LogP contribution in [0.15, 0.2) is 41.8 Å². The van der Waals surface area contributed by atoms with Crippen LogP contribution in [0.2, 0.25) is 0 Å². The summed E-state index contributed by atoms with van der Waals surface area (Å²) in [5.41, 5.74) is 5.90. The average Bonchev–Trinajstić information content (AvgIpc) is 3.44. The second kappa shape index (κ2) is 8.59. The van der Waals surface area contributed by atoms with Gasteiger partial charge in [0.2, 0.25) is 0 Å². The zero-order chi connectivity index (χ0) is 20.3. The number of hydrogen-bond acceptors (Lipinski definition) is 8. The summed E-state index contributed by atoms with van der Waals surface area (Å²) < 4.78 is 10.8. The van der Waals surface area contributed by atoms with Crippen molar-refractivity contribution < 1.29 is 14.3 Å². The van der Waals surface area contributed by atoms with Gasteiger partial charge < -0.3 is 14.3 Å². The van der Waals surface area contributed by atoms with Crippen molar-refractivity contribution in [3.05, 3.63) is 53.6 Å². The molecule has 0 atom stereocenters. The smallest absolute Gasteiger partial charge is 0.194 e. The number of thiazole rings is 1. The molecule has 0 unspecified atom stereocenters. The van der Waals surface area contributed by atoms with Crippen LogP contribution in [0.5, 0.6) is 0 Å². The van der Waals surface area contributed by atoms with Gasteiger partial charge in [-0.2, -0.15) is 0 Å². The van der Waals surface area contributed by atoms with Crippen molar-refractivity contribution in [2.24, 2.45) is 5.16 Å². The van der Waals surface area contributed by atoms with E-state index in [0.717, 1.165) is 57.5 Å². The molecule has 1 aliphatic carbocycles. The van der Waals surface area contributed by atoms with Gasteiger partial charge in [0.1, 0.15) is 10.7 Å².